The zero-order valence-electron chi connectivity index (χ0n) is 14.2. The van der Waals surface area contributed by atoms with Crippen molar-refractivity contribution >= 4 is 23.4 Å². The van der Waals surface area contributed by atoms with E-state index in [1.165, 1.54) is 0 Å². The third kappa shape index (κ3) is 5.91. The number of carbonyl (C=O) groups excluding carboxylic acids is 2. The van der Waals surface area contributed by atoms with Crippen LogP contribution in [-0.2, 0) is 17.1 Å². The molecular weight excluding hydrogens is 350 g/mol. The normalized spacial score (nSPS) is 11.2. The van der Waals surface area contributed by atoms with E-state index in [9.17, 15) is 9.59 Å². The number of hydrogen-bond donors (Lipinski definition) is 2. The second-order valence-electron chi connectivity index (χ2n) is 5.75. The minimum atomic E-state index is -0.726. The molecule has 26 heavy (non-hydrogen) atoms. The zero-order valence-corrected chi connectivity index (χ0v) is 15.0. The summed E-state index contributed by atoms with van der Waals surface area (Å²) in [5, 5.41) is 14.1. The van der Waals surface area contributed by atoms with Crippen LogP contribution in [0.5, 0.6) is 0 Å². The quantitative estimate of drug-likeness (QED) is 0.554. The first-order valence-corrected chi connectivity index (χ1v) is 8.82. The van der Waals surface area contributed by atoms with Crippen molar-refractivity contribution < 1.29 is 9.59 Å². The van der Waals surface area contributed by atoms with Gasteiger partial charge in [-0.05, 0) is 23.3 Å². The minimum absolute atomic E-state index is 0.220. The van der Waals surface area contributed by atoms with Gasteiger partial charge in [0.05, 0.1) is 12.5 Å². The van der Waals surface area contributed by atoms with Gasteiger partial charge in [0.15, 0.2) is 0 Å². The second-order valence-corrected chi connectivity index (χ2v) is 6.01. The van der Waals surface area contributed by atoms with Crippen LogP contribution in [0.15, 0.2) is 54.6 Å². The molecule has 0 radical (unpaired) electrons. The van der Waals surface area contributed by atoms with Gasteiger partial charge >= 0.3 is 0 Å². The first-order chi connectivity index (χ1) is 12.6. The molecule has 0 aromatic heterocycles. The van der Waals surface area contributed by atoms with Gasteiger partial charge in [-0.15, -0.1) is 11.6 Å². The Labute approximate surface area is 158 Å². The van der Waals surface area contributed by atoms with Crippen LogP contribution in [0.25, 0.3) is 0 Å². The summed E-state index contributed by atoms with van der Waals surface area (Å²) in [6.45, 7) is 0.251. The van der Waals surface area contributed by atoms with Gasteiger partial charge in [-0.2, -0.15) is 5.26 Å². The molecule has 2 aromatic carbocycles. The van der Waals surface area contributed by atoms with Crippen molar-refractivity contribution in [3.8, 4) is 6.07 Å². The summed E-state index contributed by atoms with van der Waals surface area (Å²) in [5.41, 5.74) is 2.31. The highest BCUT2D eigenvalue weighted by molar-refractivity contribution is 6.17. The summed E-state index contributed by atoms with van der Waals surface area (Å²) in [7, 11) is 0. The Kier molecular flexibility index (Phi) is 7.66. The summed E-state index contributed by atoms with van der Waals surface area (Å²) < 4.78 is 0. The van der Waals surface area contributed by atoms with Gasteiger partial charge in [0.25, 0.3) is 5.91 Å². The molecule has 0 aliphatic carbocycles. The van der Waals surface area contributed by atoms with Crippen LogP contribution in [0, 0.1) is 11.3 Å². The van der Waals surface area contributed by atoms with Crippen LogP contribution in [-0.4, -0.2) is 24.4 Å². The van der Waals surface area contributed by atoms with Gasteiger partial charge < -0.3 is 10.6 Å². The average Bonchev–Trinajstić information content (AvgIpc) is 2.68. The lowest BCUT2D eigenvalue weighted by atomic mass is 10.0. The maximum absolute atomic E-state index is 12.5. The molecule has 1 unspecified atom stereocenters. The SMILES string of the molecule is N#CCCNC(=O)C(Cc1ccccc1)NC(=O)c1ccc(CCl)cc1. The summed E-state index contributed by atoms with van der Waals surface area (Å²) in [6.07, 6.45) is 0.586. The van der Waals surface area contributed by atoms with E-state index in [0.717, 1.165) is 11.1 Å². The van der Waals surface area contributed by atoms with E-state index in [4.69, 9.17) is 16.9 Å². The molecule has 0 aliphatic heterocycles. The predicted molar refractivity (Wildman–Crippen MR) is 101 cm³/mol. The maximum Gasteiger partial charge on any atom is 0.251 e. The summed E-state index contributed by atoms with van der Waals surface area (Å²) in [6, 6.07) is 17.6. The topological polar surface area (TPSA) is 82.0 Å². The molecule has 0 saturated carbocycles. The molecule has 5 nitrogen and oxygen atoms in total. The molecule has 2 amide bonds. The Bertz CT molecular complexity index is 770. The Morgan fingerprint density at radius 2 is 1.73 bits per heavy atom. The number of hydrogen-bond acceptors (Lipinski definition) is 3. The van der Waals surface area contributed by atoms with E-state index < -0.39 is 6.04 Å². The third-order valence-corrected chi connectivity index (χ3v) is 4.12. The highest BCUT2D eigenvalue weighted by atomic mass is 35.5. The number of halogens is 1. The summed E-state index contributed by atoms with van der Waals surface area (Å²) in [5.74, 6) is -0.267. The van der Waals surface area contributed by atoms with Crippen LogP contribution in [0.4, 0.5) is 0 Å². The van der Waals surface area contributed by atoms with Crippen molar-refractivity contribution in [3.05, 3.63) is 71.3 Å². The van der Waals surface area contributed by atoms with Crippen molar-refractivity contribution in [2.24, 2.45) is 0 Å². The molecule has 2 aromatic rings. The number of nitrogens with zero attached hydrogens (tertiary/aromatic N) is 1. The van der Waals surface area contributed by atoms with Crippen molar-refractivity contribution in [3.63, 3.8) is 0 Å². The largest absolute Gasteiger partial charge is 0.353 e. The number of nitrogens with one attached hydrogen (secondary N) is 2. The lowest BCUT2D eigenvalue weighted by Gasteiger charge is -2.18. The van der Waals surface area contributed by atoms with E-state index in [1.807, 2.05) is 36.4 Å². The van der Waals surface area contributed by atoms with Crippen molar-refractivity contribution in [2.45, 2.75) is 24.8 Å². The molecule has 0 heterocycles. The minimum Gasteiger partial charge on any atom is -0.353 e. The second kappa shape index (κ2) is 10.2. The number of amides is 2. The molecule has 134 valence electrons. The molecule has 6 heteroatoms. The number of nitriles is 1. The fraction of sp³-hybridized carbons (Fsp3) is 0.250. The monoisotopic (exact) mass is 369 g/mol. The van der Waals surface area contributed by atoms with Crippen LogP contribution >= 0.6 is 11.6 Å². The first kappa shape index (κ1) is 19.5. The lowest BCUT2D eigenvalue weighted by Crippen LogP contribution is -2.48. The molecule has 0 fully saturated rings. The fourth-order valence-corrected chi connectivity index (χ4v) is 2.59. The molecule has 0 saturated heterocycles. The maximum atomic E-state index is 12.5. The van der Waals surface area contributed by atoms with E-state index in [-0.39, 0.29) is 24.8 Å². The van der Waals surface area contributed by atoms with Gasteiger partial charge in [0, 0.05) is 24.4 Å². The van der Waals surface area contributed by atoms with Crippen molar-refractivity contribution in [1.82, 2.24) is 10.6 Å². The van der Waals surface area contributed by atoms with E-state index in [0.29, 0.717) is 17.9 Å². The molecule has 0 spiro atoms. The fourth-order valence-electron chi connectivity index (χ4n) is 2.41. The van der Waals surface area contributed by atoms with Gasteiger partial charge in [-0.25, -0.2) is 0 Å². The van der Waals surface area contributed by atoms with Crippen molar-refractivity contribution in [1.29, 1.82) is 5.26 Å². The van der Waals surface area contributed by atoms with Crippen LogP contribution in [0.1, 0.15) is 27.9 Å². The summed E-state index contributed by atoms with van der Waals surface area (Å²) >= 11 is 5.76. The molecule has 2 N–H and O–H groups in total. The predicted octanol–water partition coefficient (Wildman–Crippen LogP) is 2.80. The van der Waals surface area contributed by atoms with Gasteiger partial charge in [0.2, 0.25) is 5.91 Å². The Morgan fingerprint density at radius 3 is 2.35 bits per heavy atom. The molecule has 2 rings (SSSR count). The van der Waals surface area contributed by atoms with E-state index in [1.54, 1.807) is 24.3 Å². The molecule has 0 aliphatic rings. The molecule has 1 atom stereocenters. The van der Waals surface area contributed by atoms with Crippen molar-refractivity contribution in [2.75, 3.05) is 6.54 Å². The van der Waals surface area contributed by atoms with E-state index >= 15 is 0 Å². The van der Waals surface area contributed by atoms with Crippen LogP contribution in [0.2, 0.25) is 0 Å². The smallest absolute Gasteiger partial charge is 0.251 e. The van der Waals surface area contributed by atoms with E-state index in [2.05, 4.69) is 10.6 Å². The number of benzene rings is 2. The number of rotatable bonds is 8. The Hall–Kier alpha value is -2.84. The summed E-state index contributed by atoms with van der Waals surface area (Å²) in [4.78, 5) is 24.9. The highest BCUT2D eigenvalue weighted by Crippen LogP contribution is 2.09. The van der Waals surface area contributed by atoms with Gasteiger partial charge in [0.1, 0.15) is 6.04 Å². The van der Waals surface area contributed by atoms with Gasteiger partial charge in [-0.1, -0.05) is 42.5 Å². The first-order valence-electron chi connectivity index (χ1n) is 8.28. The Morgan fingerprint density at radius 1 is 1.04 bits per heavy atom. The van der Waals surface area contributed by atoms with Crippen LogP contribution in [0.3, 0.4) is 0 Å². The molecular formula is C20H20ClN3O2. The van der Waals surface area contributed by atoms with Crippen LogP contribution < -0.4 is 10.6 Å². The average molecular weight is 370 g/mol. The number of carbonyl (C=O) groups is 2. The Balaban J connectivity index is 2.09. The highest BCUT2D eigenvalue weighted by Gasteiger charge is 2.21. The standard InChI is InChI=1S/C20H20ClN3O2/c21-14-16-7-9-17(10-8-16)19(25)24-18(20(26)23-12-4-11-22)13-15-5-2-1-3-6-15/h1-3,5-10,18H,4,12-14H2,(H,23,26)(H,24,25). The molecule has 0 bridgehead atoms. The number of alkyl halides is 1. The van der Waals surface area contributed by atoms with Gasteiger partial charge in [-0.3, -0.25) is 9.59 Å². The zero-order chi connectivity index (χ0) is 18.8. The lowest BCUT2D eigenvalue weighted by molar-refractivity contribution is -0.122. The third-order valence-electron chi connectivity index (χ3n) is 3.81.